The zero-order valence-corrected chi connectivity index (χ0v) is 16.2. The van der Waals surface area contributed by atoms with E-state index in [4.69, 9.17) is 4.74 Å². The van der Waals surface area contributed by atoms with Crippen LogP contribution in [0, 0.1) is 0 Å². The molecule has 0 N–H and O–H groups in total. The highest BCUT2D eigenvalue weighted by Crippen LogP contribution is 2.17. The lowest BCUT2D eigenvalue weighted by molar-refractivity contribution is 0.0535. The summed E-state index contributed by atoms with van der Waals surface area (Å²) in [7, 11) is 1.58. The summed E-state index contributed by atoms with van der Waals surface area (Å²) in [5.41, 5.74) is 2.19. The molecule has 1 saturated heterocycles. The van der Waals surface area contributed by atoms with E-state index in [-0.39, 0.29) is 11.8 Å². The Bertz CT molecular complexity index is 991. The molecule has 2 amide bonds. The van der Waals surface area contributed by atoms with Gasteiger partial charge in [0.05, 0.1) is 13.4 Å². The Balaban J connectivity index is 1.37. The van der Waals surface area contributed by atoms with Crippen molar-refractivity contribution in [1.82, 2.24) is 19.4 Å². The molecule has 1 aromatic heterocycles. The van der Waals surface area contributed by atoms with Crippen LogP contribution in [0.15, 0.2) is 67.3 Å². The fourth-order valence-corrected chi connectivity index (χ4v) is 3.42. The van der Waals surface area contributed by atoms with Crippen molar-refractivity contribution in [3.05, 3.63) is 78.4 Å². The Morgan fingerprint density at radius 1 is 0.897 bits per heavy atom. The quantitative estimate of drug-likeness (QED) is 0.686. The number of methoxy groups -OCH3 is 1. The van der Waals surface area contributed by atoms with Crippen molar-refractivity contribution >= 4 is 11.8 Å². The topological polar surface area (TPSA) is 67.7 Å². The number of benzene rings is 2. The highest BCUT2D eigenvalue weighted by molar-refractivity contribution is 5.96. The van der Waals surface area contributed by atoms with Crippen molar-refractivity contribution in [2.24, 2.45) is 0 Å². The average molecular weight is 390 g/mol. The highest BCUT2D eigenvalue weighted by atomic mass is 16.5. The molecule has 0 bridgehead atoms. The second-order valence-corrected chi connectivity index (χ2v) is 6.83. The number of imidazole rings is 1. The van der Waals surface area contributed by atoms with E-state index < -0.39 is 0 Å². The molecule has 148 valence electrons. The summed E-state index contributed by atoms with van der Waals surface area (Å²) < 4.78 is 7.08. The predicted octanol–water partition coefficient (Wildman–Crippen LogP) is 2.48. The lowest BCUT2D eigenvalue weighted by Gasteiger charge is -2.35. The third kappa shape index (κ3) is 3.99. The predicted molar refractivity (Wildman–Crippen MR) is 108 cm³/mol. The Labute approximate surface area is 169 Å². The molecule has 29 heavy (non-hydrogen) atoms. The third-order valence-corrected chi connectivity index (χ3v) is 5.09. The Hall–Kier alpha value is -3.61. The largest absolute Gasteiger partial charge is 0.497 e. The Kier molecular flexibility index (Phi) is 5.29. The molecule has 2 heterocycles. The van der Waals surface area contributed by atoms with E-state index in [0.717, 1.165) is 5.69 Å². The number of amides is 2. The smallest absolute Gasteiger partial charge is 0.254 e. The van der Waals surface area contributed by atoms with Crippen molar-refractivity contribution < 1.29 is 14.3 Å². The standard InChI is InChI=1S/C22H22N4O3/c1-29-20-4-2-3-18(15-20)22(28)25-13-11-24(12-14-25)21(27)17-5-7-19(8-6-17)26-10-9-23-16-26/h2-10,15-16H,11-14H2,1H3. The summed E-state index contributed by atoms with van der Waals surface area (Å²) in [5.74, 6) is 0.597. The molecule has 0 saturated carbocycles. The SMILES string of the molecule is COc1cccc(C(=O)N2CCN(C(=O)c3ccc(-n4ccnc4)cc3)CC2)c1. The van der Waals surface area contributed by atoms with E-state index in [1.807, 2.05) is 41.1 Å². The summed E-state index contributed by atoms with van der Waals surface area (Å²) in [6.45, 7) is 2.04. The summed E-state index contributed by atoms with van der Waals surface area (Å²) >= 11 is 0. The zero-order valence-electron chi connectivity index (χ0n) is 16.2. The van der Waals surface area contributed by atoms with Gasteiger partial charge in [-0.1, -0.05) is 6.07 Å². The fraction of sp³-hybridized carbons (Fsp3) is 0.227. The van der Waals surface area contributed by atoms with Crippen LogP contribution in [0.2, 0.25) is 0 Å². The minimum absolute atomic E-state index is 0.0179. The van der Waals surface area contributed by atoms with E-state index in [1.54, 1.807) is 47.6 Å². The maximum atomic E-state index is 12.8. The van der Waals surface area contributed by atoms with Crippen molar-refractivity contribution in [3.8, 4) is 11.4 Å². The second-order valence-electron chi connectivity index (χ2n) is 6.83. The first kappa shape index (κ1) is 18.7. The first-order valence-electron chi connectivity index (χ1n) is 9.47. The summed E-state index contributed by atoms with van der Waals surface area (Å²) in [4.78, 5) is 33.1. The average Bonchev–Trinajstić information content (AvgIpc) is 3.33. The van der Waals surface area contributed by atoms with E-state index >= 15 is 0 Å². The number of carbonyl (C=O) groups is 2. The molecule has 7 nitrogen and oxygen atoms in total. The van der Waals surface area contributed by atoms with E-state index in [1.165, 1.54) is 0 Å². The minimum Gasteiger partial charge on any atom is -0.497 e. The van der Waals surface area contributed by atoms with Crippen molar-refractivity contribution in [1.29, 1.82) is 0 Å². The Morgan fingerprint density at radius 3 is 2.14 bits per heavy atom. The molecule has 0 spiro atoms. The molecule has 0 radical (unpaired) electrons. The normalized spacial score (nSPS) is 14.0. The van der Waals surface area contributed by atoms with Crippen LogP contribution in [-0.2, 0) is 0 Å². The van der Waals surface area contributed by atoms with Gasteiger partial charge in [-0.15, -0.1) is 0 Å². The van der Waals surface area contributed by atoms with Crippen LogP contribution in [0.5, 0.6) is 5.75 Å². The van der Waals surface area contributed by atoms with Gasteiger partial charge in [-0.2, -0.15) is 0 Å². The first-order valence-corrected chi connectivity index (χ1v) is 9.47. The molecular weight excluding hydrogens is 368 g/mol. The molecule has 0 atom stereocenters. The van der Waals surface area contributed by atoms with Crippen molar-refractivity contribution in [3.63, 3.8) is 0 Å². The van der Waals surface area contributed by atoms with Gasteiger partial charge in [0.15, 0.2) is 0 Å². The van der Waals surface area contributed by atoms with E-state index in [2.05, 4.69) is 4.98 Å². The van der Waals surface area contributed by atoms with Gasteiger partial charge in [0.1, 0.15) is 5.75 Å². The molecule has 2 aromatic carbocycles. The number of rotatable bonds is 4. The van der Waals surface area contributed by atoms with Gasteiger partial charge in [-0.25, -0.2) is 4.98 Å². The first-order chi connectivity index (χ1) is 14.2. The maximum Gasteiger partial charge on any atom is 0.254 e. The maximum absolute atomic E-state index is 12.8. The minimum atomic E-state index is -0.0410. The molecule has 1 aliphatic rings. The van der Waals surface area contributed by atoms with Crippen LogP contribution in [0.3, 0.4) is 0 Å². The molecule has 4 rings (SSSR count). The van der Waals surface area contributed by atoms with Crippen LogP contribution in [-0.4, -0.2) is 64.5 Å². The molecule has 7 heteroatoms. The van der Waals surface area contributed by atoms with Crippen LogP contribution >= 0.6 is 0 Å². The monoisotopic (exact) mass is 390 g/mol. The van der Waals surface area contributed by atoms with Gasteiger partial charge in [-0.3, -0.25) is 9.59 Å². The van der Waals surface area contributed by atoms with Crippen LogP contribution in [0.25, 0.3) is 5.69 Å². The zero-order chi connectivity index (χ0) is 20.2. The van der Waals surface area contributed by atoms with Crippen molar-refractivity contribution in [2.45, 2.75) is 0 Å². The molecule has 0 unspecified atom stereocenters. The number of hydrogen-bond acceptors (Lipinski definition) is 4. The van der Waals surface area contributed by atoms with Gasteiger partial charge in [0, 0.05) is 55.4 Å². The van der Waals surface area contributed by atoms with Gasteiger partial charge in [0.25, 0.3) is 11.8 Å². The molecule has 1 aliphatic heterocycles. The molecular formula is C22H22N4O3. The summed E-state index contributed by atoms with van der Waals surface area (Å²) in [6, 6.07) is 14.6. The fourth-order valence-electron chi connectivity index (χ4n) is 3.42. The van der Waals surface area contributed by atoms with Crippen molar-refractivity contribution in [2.75, 3.05) is 33.3 Å². The summed E-state index contributed by atoms with van der Waals surface area (Å²) in [6.07, 6.45) is 5.29. The number of ether oxygens (including phenoxy) is 1. The van der Waals surface area contributed by atoms with Gasteiger partial charge < -0.3 is 19.1 Å². The third-order valence-electron chi connectivity index (χ3n) is 5.09. The summed E-state index contributed by atoms with van der Waals surface area (Å²) in [5, 5.41) is 0. The Morgan fingerprint density at radius 2 is 1.55 bits per heavy atom. The van der Waals surface area contributed by atoms with Crippen LogP contribution < -0.4 is 4.74 Å². The molecule has 3 aromatic rings. The molecule has 0 aliphatic carbocycles. The number of nitrogens with zero attached hydrogens (tertiary/aromatic N) is 4. The number of aromatic nitrogens is 2. The van der Waals surface area contributed by atoms with Crippen LogP contribution in [0.1, 0.15) is 20.7 Å². The van der Waals surface area contributed by atoms with E-state index in [0.29, 0.717) is 43.1 Å². The van der Waals surface area contributed by atoms with Gasteiger partial charge >= 0.3 is 0 Å². The van der Waals surface area contributed by atoms with E-state index in [9.17, 15) is 9.59 Å². The molecule has 1 fully saturated rings. The number of piperazine rings is 1. The number of hydrogen-bond donors (Lipinski definition) is 0. The van der Waals surface area contributed by atoms with Gasteiger partial charge in [0.2, 0.25) is 0 Å². The number of carbonyl (C=O) groups excluding carboxylic acids is 2. The highest BCUT2D eigenvalue weighted by Gasteiger charge is 2.25. The lowest BCUT2D eigenvalue weighted by Crippen LogP contribution is -2.50. The lowest BCUT2D eigenvalue weighted by atomic mass is 10.1. The van der Waals surface area contributed by atoms with Crippen LogP contribution in [0.4, 0.5) is 0 Å². The van der Waals surface area contributed by atoms with Gasteiger partial charge in [-0.05, 0) is 42.5 Å². The second kappa shape index (κ2) is 8.18.